The maximum absolute atomic E-state index is 4.75. The van der Waals surface area contributed by atoms with Crippen LogP contribution in [-0.2, 0) is 0 Å². The van der Waals surface area contributed by atoms with Crippen molar-refractivity contribution in [1.82, 2.24) is 15.5 Å². The summed E-state index contributed by atoms with van der Waals surface area (Å²) in [6.07, 6.45) is 8.10. The lowest BCUT2D eigenvalue weighted by Gasteiger charge is -2.34. The molecule has 128 valence electrons. The fourth-order valence-corrected chi connectivity index (χ4v) is 3.53. The van der Waals surface area contributed by atoms with E-state index in [1.807, 2.05) is 0 Å². The SMILES string of the molecule is CCNC(=NCCN1CC(C)CC(C)C1)NC1CC=CC1.I. The fourth-order valence-electron chi connectivity index (χ4n) is 3.53. The molecule has 0 bridgehead atoms. The van der Waals surface area contributed by atoms with Gasteiger partial charge in [0.15, 0.2) is 5.96 Å². The molecule has 2 N–H and O–H groups in total. The average Bonchev–Trinajstić information content (AvgIpc) is 2.90. The number of nitrogens with zero attached hydrogens (tertiary/aromatic N) is 2. The van der Waals surface area contributed by atoms with Gasteiger partial charge in [0.25, 0.3) is 0 Å². The number of likely N-dealkylation sites (tertiary alicyclic amines) is 1. The molecule has 1 fully saturated rings. The van der Waals surface area contributed by atoms with Crippen molar-refractivity contribution in [3.05, 3.63) is 12.2 Å². The lowest BCUT2D eigenvalue weighted by atomic mass is 9.92. The van der Waals surface area contributed by atoms with Gasteiger partial charge in [-0.3, -0.25) is 4.99 Å². The molecule has 0 aromatic carbocycles. The number of rotatable bonds is 5. The van der Waals surface area contributed by atoms with Crippen molar-refractivity contribution in [3.8, 4) is 0 Å². The molecule has 1 heterocycles. The summed E-state index contributed by atoms with van der Waals surface area (Å²) in [5.41, 5.74) is 0. The Kier molecular flexibility index (Phi) is 9.40. The Balaban J connectivity index is 0.00000242. The number of halogens is 1. The smallest absolute Gasteiger partial charge is 0.191 e. The molecule has 1 aliphatic heterocycles. The van der Waals surface area contributed by atoms with Crippen molar-refractivity contribution in [3.63, 3.8) is 0 Å². The highest BCUT2D eigenvalue weighted by molar-refractivity contribution is 14.0. The summed E-state index contributed by atoms with van der Waals surface area (Å²) in [6, 6.07) is 0.526. The van der Waals surface area contributed by atoms with E-state index < -0.39 is 0 Å². The van der Waals surface area contributed by atoms with E-state index in [1.54, 1.807) is 0 Å². The van der Waals surface area contributed by atoms with Crippen molar-refractivity contribution >= 4 is 29.9 Å². The van der Waals surface area contributed by atoms with Crippen LogP contribution in [0.5, 0.6) is 0 Å². The van der Waals surface area contributed by atoms with Crippen LogP contribution in [0.2, 0.25) is 0 Å². The number of piperidine rings is 1. The number of aliphatic imine (C=N–C) groups is 1. The summed E-state index contributed by atoms with van der Waals surface area (Å²) < 4.78 is 0. The van der Waals surface area contributed by atoms with Gasteiger partial charge in [0.05, 0.1) is 6.54 Å². The second kappa shape index (κ2) is 10.5. The van der Waals surface area contributed by atoms with Crippen LogP contribution in [0.15, 0.2) is 17.1 Å². The lowest BCUT2D eigenvalue weighted by Crippen LogP contribution is -2.43. The van der Waals surface area contributed by atoms with E-state index in [0.29, 0.717) is 6.04 Å². The minimum atomic E-state index is 0. The summed E-state index contributed by atoms with van der Waals surface area (Å²) in [4.78, 5) is 7.32. The largest absolute Gasteiger partial charge is 0.357 e. The predicted molar refractivity (Wildman–Crippen MR) is 106 cm³/mol. The first-order chi connectivity index (χ1) is 10.2. The van der Waals surface area contributed by atoms with Gasteiger partial charge < -0.3 is 15.5 Å². The molecule has 2 rings (SSSR count). The standard InChI is InChI=1S/C17H32N4.HI/c1-4-18-17(20-16-7-5-6-8-16)19-9-10-21-12-14(2)11-15(3)13-21;/h5-6,14-16H,4,7-13H2,1-3H3,(H2,18,19,20);1H. The van der Waals surface area contributed by atoms with Crippen LogP contribution in [0.1, 0.15) is 40.0 Å². The first-order valence-electron chi connectivity index (χ1n) is 8.59. The molecule has 0 spiro atoms. The predicted octanol–water partition coefficient (Wildman–Crippen LogP) is 2.86. The van der Waals surface area contributed by atoms with Crippen molar-refractivity contribution in [2.45, 2.75) is 46.1 Å². The van der Waals surface area contributed by atoms with Gasteiger partial charge >= 0.3 is 0 Å². The first-order valence-corrected chi connectivity index (χ1v) is 8.59. The van der Waals surface area contributed by atoms with Crippen LogP contribution < -0.4 is 10.6 Å². The third-order valence-corrected chi connectivity index (χ3v) is 4.32. The molecule has 0 saturated carbocycles. The summed E-state index contributed by atoms with van der Waals surface area (Å²) in [5.74, 6) is 2.63. The van der Waals surface area contributed by atoms with Crippen molar-refractivity contribution in [1.29, 1.82) is 0 Å². The maximum atomic E-state index is 4.75. The van der Waals surface area contributed by atoms with Gasteiger partial charge in [0.1, 0.15) is 0 Å². The quantitative estimate of drug-likeness (QED) is 0.311. The van der Waals surface area contributed by atoms with Crippen LogP contribution in [-0.4, -0.2) is 49.6 Å². The highest BCUT2D eigenvalue weighted by Crippen LogP contribution is 2.20. The minimum Gasteiger partial charge on any atom is -0.357 e. The lowest BCUT2D eigenvalue weighted by molar-refractivity contribution is 0.145. The molecular weight excluding hydrogens is 387 g/mol. The fraction of sp³-hybridized carbons (Fsp3) is 0.824. The molecule has 1 saturated heterocycles. The monoisotopic (exact) mass is 420 g/mol. The molecule has 2 atom stereocenters. The Labute approximate surface area is 153 Å². The van der Waals surface area contributed by atoms with E-state index in [9.17, 15) is 0 Å². The normalized spacial score (nSPS) is 26.8. The zero-order chi connectivity index (χ0) is 15.1. The number of guanidine groups is 1. The minimum absolute atomic E-state index is 0. The molecule has 0 radical (unpaired) electrons. The molecule has 2 aliphatic rings. The van der Waals surface area contributed by atoms with Gasteiger partial charge in [-0.05, 0) is 38.0 Å². The molecule has 1 aliphatic carbocycles. The molecule has 0 amide bonds. The molecular formula is C17H33IN4. The van der Waals surface area contributed by atoms with E-state index in [0.717, 1.165) is 50.3 Å². The molecule has 4 nitrogen and oxygen atoms in total. The Morgan fingerprint density at radius 2 is 1.82 bits per heavy atom. The summed E-state index contributed by atoms with van der Waals surface area (Å²) >= 11 is 0. The summed E-state index contributed by atoms with van der Waals surface area (Å²) in [5, 5.41) is 6.89. The zero-order valence-corrected chi connectivity index (χ0v) is 16.7. The molecule has 5 heteroatoms. The topological polar surface area (TPSA) is 39.7 Å². The average molecular weight is 420 g/mol. The van der Waals surface area contributed by atoms with Crippen molar-refractivity contribution in [2.24, 2.45) is 16.8 Å². The number of hydrogen-bond acceptors (Lipinski definition) is 2. The second-order valence-electron chi connectivity index (χ2n) is 6.75. The van der Waals surface area contributed by atoms with E-state index in [-0.39, 0.29) is 24.0 Å². The highest BCUT2D eigenvalue weighted by Gasteiger charge is 2.21. The number of hydrogen-bond donors (Lipinski definition) is 2. The van der Waals surface area contributed by atoms with E-state index in [4.69, 9.17) is 4.99 Å². The molecule has 0 aromatic rings. The third-order valence-electron chi connectivity index (χ3n) is 4.32. The van der Waals surface area contributed by atoms with Gasteiger partial charge in [-0.25, -0.2) is 0 Å². The van der Waals surface area contributed by atoms with Crippen LogP contribution in [0.25, 0.3) is 0 Å². The highest BCUT2D eigenvalue weighted by atomic mass is 127. The Hall–Kier alpha value is -0.300. The molecule has 2 unspecified atom stereocenters. The van der Waals surface area contributed by atoms with Crippen LogP contribution >= 0.6 is 24.0 Å². The zero-order valence-electron chi connectivity index (χ0n) is 14.3. The molecule has 0 aromatic heterocycles. The van der Waals surface area contributed by atoms with Gasteiger partial charge in [-0.15, -0.1) is 24.0 Å². The van der Waals surface area contributed by atoms with Gasteiger partial charge in [-0.1, -0.05) is 26.0 Å². The maximum Gasteiger partial charge on any atom is 0.191 e. The van der Waals surface area contributed by atoms with Gasteiger partial charge in [-0.2, -0.15) is 0 Å². The Morgan fingerprint density at radius 1 is 1.18 bits per heavy atom. The van der Waals surface area contributed by atoms with Gasteiger partial charge in [0.2, 0.25) is 0 Å². The van der Waals surface area contributed by atoms with E-state index in [1.165, 1.54) is 19.5 Å². The molecule has 22 heavy (non-hydrogen) atoms. The van der Waals surface area contributed by atoms with Crippen LogP contribution in [0, 0.1) is 11.8 Å². The van der Waals surface area contributed by atoms with Crippen LogP contribution in [0.3, 0.4) is 0 Å². The Morgan fingerprint density at radius 3 is 2.41 bits per heavy atom. The Bertz CT molecular complexity index is 352. The summed E-state index contributed by atoms with van der Waals surface area (Å²) in [6.45, 7) is 12.2. The summed E-state index contributed by atoms with van der Waals surface area (Å²) in [7, 11) is 0. The van der Waals surface area contributed by atoms with Crippen molar-refractivity contribution < 1.29 is 0 Å². The van der Waals surface area contributed by atoms with E-state index >= 15 is 0 Å². The first kappa shape index (κ1) is 19.7. The van der Waals surface area contributed by atoms with Crippen LogP contribution in [0.4, 0.5) is 0 Å². The second-order valence-corrected chi connectivity index (χ2v) is 6.75. The van der Waals surface area contributed by atoms with Crippen molar-refractivity contribution in [2.75, 3.05) is 32.7 Å². The number of nitrogens with one attached hydrogen (secondary N) is 2. The third kappa shape index (κ3) is 6.86. The van der Waals surface area contributed by atoms with E-state index in [2.05, 4.69) is 48.5 Å². The van der Waals surface area contributed by atoms with Gasteiger partial charge in [0, 0.05) is 32.2 Å².